The van der Waals surface area contributed by atoms with E-state index in [0.717, 1.165) is 22.0 Å². The molecule has 0 bridgehead atoms. The number of benzene rings is 3. The molecule has 2 heterocycles. The summed E-state index contributed by atoms with van der Waals surface area (Å²) in [5.41, 5.74) is 4.03. The number of aryl methyl sites for hydroxylation is 1. The van der Waals surface area contributed by atoms with Gasteiger partial charge in [0.1, 0.15) is 11.5 Å². The molecule has 0 saturated carbocycles. The van der Waals surface area contributed by atoms with Crippen molar-refractivity contribution in [2.24, 2.45) is 7.05 Å². The van der Waals surface area contributed by atoms with Gasteiger partial charge in [-0.2, -0.15) is 0 Å². The highest BCUT2D eigenvalue weighted by Gasteiger charge is 2.45. The summed E-state index contributed by atoms with van der Waals surface area (Å²) in [6.07, 6.45) is 2.03. The summed E-state index contributed by atoms with van der Waals surface area (Å²) >= 11 is 0. The smallest absolute Gasteiger partial charge is 0.254 e. The molecule has 0 fully saturated rings. The van der Waals surface area contributed by atoms with Crippen LogP contribution in [0.25, 0.3) is 10.9 Å². The van der Waals surface area contributed by atoms with Gasteiger partial charge in [0.05, 0.1) is 32.8 Å². The molecule has 0 saturated heterocycles. The topological polar surface area (TPSA) is 82.0 Å². The molecule has 1 aromatic heterocycles. The molecule has 202 valence electrons. The van der Waals surface area contributed by atoms with Gasteiger partial charge in [0, 0.05) is 67.1 Å². The lowest BCUT2D eigenvalue weighted by molar-refractivity contribution is -0.124. The summed E-state index contributed by atoms with van der Waals surface area (Å²) in [5, 5.41) is 4.14. The van der Waals surface area contributed by atoms with E-state index in [4.69, 9.17) is 14.2 Å². The van der Waals surface area contributed by atoms with E-state index in [-0.39, 0.29) is 18.4 Å². The largest absolute Gasteiger partial charge is 0.497 e. The van der Waals surface area contributed by atoms with Crippen LogP contribution in [0.5, 0.6) is 11.5 Å². The zero-order chi connectivity index (χ0) is 27.5. The maximum Gasteiger partial charge on any atom is 0.254 e. The van der Waals surface area contributed by atoms with E-state index in [9.17, 15) is 9.59 Å². The summed E-state index contributed by atoms with van der Waals surface area (Å²) in [6.45, 7) is 0.971. The van der Waals surface area contributed by atoms with E-state index in [1.807, 2.05) is 72.4 Å². The normalized spacial score (nSPS) is 16.7. The standard InChI is InChI=1S/C31H33N3O5/c1-33-19-25(22-9-7-8-12-26(22)33)29-28(23-10-5-6-11-24(23)31(36)34(29)15-16-37-2)30(35)32-18-20-13-14-21(38-3)17-27(20)39-4/h5-14,17,19,28-29H,15-16,18H2,1-4H3,(H,32,35). The van der Waals surface area contributed by atoms with Crippen molar-refractivity contribution in [2.75, 3.05) is 34.5 Å². The van der Waals surface area contributed by atoms with E-state index in [0.29, 0.717) is 35.8 Å². The van der Waals surface area contributed by atoms with E-state index in [1.54, 1.807) is 38.4 Å². The SMILES string of the molecule is COCCN1C(=O)c2ccccc2C(C(=O)NCc2ccc(OC)cc2OC)C1c1cn(C)c2ccccc12. The van der Waals surface area contributed by atoms with Crippen LogP contribution in [0.3, 0.4) is 0 Å². The average Bonchev–Trinajstić information content (AvgIpc) is 3.31. The van der Waals surface area contributed by atoms with E-state index in [2.05, 4.69) is 5.32 Å². The third-order valence-corrected chi connectivity index (χ3v) is 7.45. The summed E-state index contributed by atoms with van der Waals surface area (Å²) in [7, 11) is 6.78. The van der Waals surface area contributed by atoms with E-state index in [1.165, 1.54) is 0 Å². The molecule has 0 radical (unpaired) electrons. The fraction of sp³-hybridized carbons (Fsp3) is 0.290. The van der Waals surface area contributed by atoms with Gasteiger partial charge in [0.15, 0.2) is 0 Å². The van der Waals surface area contributed by atoms with Gasteiger partial charge in [0.25, 0.3) is 5.91 Å². The van der Waals surface area contributed by atoms with E-state index < -0.39 is 12.0 Å². The third kappa shape index (κ3) is 4.83. The van der Waals surface area contributed by atoms with Crippen LogP contribution < -0.4 is 14.8 Å². The molecule has 1 aliphatic rings. The summed E-state index contributed by atoms with van der Waals surface area (Å²) < 4.78 is 18.3. The van der Waals surface area contributed by atoms with Gasteiger partial charge in [-0.1, -0.05) is 36.4 Å². The Balaban J connectivity index is 1.60. The molecule has 1 aliphatic heterocycles. The number of fused-ring (bicyclic) bond motifs is 2. The number of carbonyl (C=O) groups is 2. The van der Waals surface area contributed by atoms with Crippen LogP contribution in [-0.4, -0.2) is 55.8 Å². The maximum atomic E-state index is 14.2. The number of carbonyl (C=O) groups excluding carboxylic acids is 2. The molecule has 4 aromatic rings. The number of amides is 2. The van der Waals surface area contributed by atoms with Crippen molar-refractivity contribution in [3.05, 3.63) is 95.2 Å². The van der Waals surface area contributed by atoms with Crippen molar-refractivity contribution in [2.45, 2.75) is 18.5 Å². The number of hydrogen-bond acceptors (Lipinski definition) is 5. The predicted molar refractivity (Wildman–Crippen MR) is 149 cm³/mol. The van der Waals surface area contributed by atoms with Crippen LogP contribution >= 0.6 is 0 Å². The third-order valence-electron chi connectivity index (χ3n) is 7.45. The first-order valence-corrected chi connectivity index (χ1v) is 12.9. The molecule has 0 aliphatic carbocycles. The number of ether oxygens (including phenoxy) is 3. The second-order valence-corrected chi connectivity index (χ2v) is 9.61. The van der Waals surface area contributed by atoms with Crippen molar-refractivity contribution in [1.82, 2.24) is 14.8 Å². The highest BCUT2D eigenvalue weighted by atomic mass is 16.5. The Labute approximate surface area is 228 Å². The highest BCUT2D eigenvalue weighted by Crippen LogP contribution is 2.45. The van der Waals surface area contributed by atoms with Crippen molar-refractivity contribution in [1.29, 1.82) is 0 Å². The molecule has 5 rings (SSSR count). The quantitative estimate of drug-likeness (QED) is 0.348. The number of rotatable bonds is 9. The summed E-state index contributed by atoms with van der Waals surface area (Å²) in [4.78, 5) is 29.8. The zero-order valence-corrected chi connectivity index (χ0v) is 22.6. The molecule has 8 nitrogen and oxygen atoms in total. The first kappa shape index (κ1) is 26.3. The van der Waals surface area contributed by atoms with Crippen molar-refractivity contribution in [3.8, 4) is 11.5 Å². The van der Waals surface area contributed by atoms with Crippen LogP contribution in [-0.2, 0) is 23.1 Å². The number of nitrogens with one attached hydrogen (secondary N) is 1. The van der Waals surface area contributed by atoms with Gasteiger partial charge in [-0.25, -0.2) is 0 Å². The van der Waals surface area contributed by atoms with Gasteiger partial charge >= 0.3 is 0 Å². The molecule has 8 heteroatoms. The van der Waals surface area contributed by atoms with Gasteiger partial charge in [-0.05, 0) is 29.8 Å². The second-order valence-electron chi connectivity index (χ2n) is 9.61. The van der Waals surface area contributed by atoms with Gasteiger partial charge in [-0.3, -0.25) is 9.59 Å². The number of nitrogens with zero attached hydrogens (tertiary/aromatic N) is 2. The first-order chi connectivity index (χ1) is 19.0. The maximum absolute atomic E-state index is 14.2. The monoisotopic (exact) mass is 527 g/mol. The Morgan fingerprint density at radius 3 is 2.49 bits per heavy atom. The Kier molecular flexibility index (Phi) is 7.56. The van der Waals surface area contributed by atoms with Crippen molar-refractivity contribution >= 4 is 22.7 Å². The minimum atomic E-state index is -0.634. The fourth-order valence-corrected chi connectivity index (χ4v) is 5.56. The van der Waals surface area contributed by atoms with Crippen LogP contribution in [0.2, 0.25) is 0 Å². The van der Waals surface area contributed by atoms with Gasteiger partial charge < -0.3 is 29.0 Å². The fourth-order valence-electron chi connectivity index (χ4n) is 5.56. The van der Waals surface area contributed by atoms with Crippen molar-refractivity contribution < 1.29 is 23.8 Å². The zero-order valence-electron chi connectivity index (χ0n) is 22.6. The molecule has 2 unspecified atom stereocenters. The minimum Gasteiger partial charge on any atom is -0.497 e. The number of hydrogen-bond donors (Lipinski definition) is 1. The number of para-hydroxylation sites is 1. The molecule has 2 amide bonds. The van der Waals surface area contributed by atoms with Crippen LogP contribution in [0.4, 0.5) is 0 Å². The van der Waals surface area contributed by atoms with Gasteiger partial charge in [-0.15, -0.1) is 0 Å². The lowest BCUT2D eigenvalue weighted by Crippen LogP contribution is -2.48. The van der Waals surface area contributed by atoms with Crippen LogP contribution in [0.1, 0.15) is 39.0 Å². The lowest BCUT2D eigenvalue weighted by atomic mass is 9.79. The average molecular weight is 528 g/mol. The van der Waals surface area contributed by atoms with E-state index >= 15 is 0 Å². The van der Waals surface area contributed by atoms with Crippen molar-refractivity contribution in [3.63, 3.8) is 0 Å². The molecule has 39 heavy (non-hydrogen) atoms. The Morgan fingerprint density at radius 1 is 0.949 bits per heavy atom. The summed E-state index contributed by atoms with van der Waals surface area (Å²) in [5.74, 6) is 0.382. The molecule has 2 atom stereocenters. The lowest BCUT2D eigenvalue weighted by Gasteiger charge is -2.41. The van der Waals surface area contributed by atoms with Crippen LogP contribution in [0, 0.1) is 0 Å². The molecular formula is C31H33N3O5. The predicted octanol–water partition coefficient (Wildman–Crippen LogP) is 4.44. The van der Waals surface area contributed by atoms with Crippen LogP contribution in [0.15, 0.2) is 72.9 Å². The molecular weight excluding hydrogens is 494 g/mol. The minimum absolute atomic E-state index is 0.110. The first-order valence-electron chi connectivity index (χ1n) is 12.9. The van der Waals surface area contributed by atoms with Gasteiger partial charge in [0.2, 0.25) is 5.91 Å². The molecule has 0 spiro atoms. The Hall–Kier alpha value is -4.30. The second kappa shape index (κ2) is 11.2. The Bertz CT molecular complexity index is 1510. The Morgan fingerprint density at radius 2 is 1.72 bits per heavy atom. The summed E-state index contributed by atoms with van der Waals surface area (Å²) in [6, 6.07) is 20.4. The number of methoxy groups -OCH3 is 3. The number of aromatic nitrogens is 1. The molecule has 1 N–H and O–H groups in total. The molecule has 3 aromatic carbocycles. The highest BCUT2D eigenvalue weighted by molar-refractivity contribution is 6.02.